The van der Waals surface area contributed by atoms with Gasteiger partial charge in [0.1, 0.15) is 5.82 Å². The zero-order valence-electron chi connectivity index (χ0n) is 9.42. The molecule has 86 valence electrons. The molecule has 2 nitrogen and oxygen atoms in total. The first-order valence-electron chi connectivity index (χ1n) is 5.15. The van der Waals surface area contributed by atoms with Crippen molar-refractivity contribution in [2.75, 3.05) is 11.1 Å². The number of aryl methyl sites for hydroxylation is 1. The van der Waals surface area contributed by atoms with E-state index in [0.29, 0.717) is 5.41 Å². The van der Waals surface area contributed by atoms with Crippen molar-refractivity contribution >= 4 is 39.2 Å². The number of aromatic nitrogens is 2. The fourth-order valence-corrected chi connectivity index (χ4v) is 4.55. The smallest absolute Gasteiger partial charge is 0.170 e. The van der Waals surface area contributed by atoms with Gasteiger partial charge in [-0.15, -0.1) is 0 Å². The quantitative estimate of drug-likeness (QED) is 0.583. The van der Waals surface area contributed by atoms with Crippen molar-refractivity contribution < 1.29 is 0 Å². The van der Waals surface area contributed by atoms with Crippen LogP contribution in [-0.4, -0.2) is 20.4 Å². The van der Waals surface area contributed by atoms with Crippen LogP contribution in [0.25, 0.3) is 0 Å². The van der Waals surface area contributed by atoms with Gasteiger partial charge in [-0.05, 0) is 36.7 Å². The Labute approximate surface area is 109 Å². The molecule has 0 aromatic carbocycles. The molecule has 0 bridgehead atoms. The van der Waals surface area contributed by atoms with Crippen molar-refractivity contribution in [3.05, 3.63) is 5.82 Å². The molecule has 0 radical (unpaired) electrons. The van der Waals surface area contributed by atoms with E-state index in [1.807, 2.05) is 18.7 Å². The third-order valence-corrected chi connectivity index (χ3v) is 6.26. The minimum absolute atomic E-state index is 0.407. The second-order valence-electron chi connectivity index (χ2n) is 3.74. The van der Waals surface area contributed by atoms with Crippen molar-refractivity contribution in [2.24, 2.45) is 5.41 Å². The van der Waals surface area contributed by atoms with Gasteiger partial charge in [-0.25, -0.2) is 4.98 Å². The molecule has 0 saturated heterocycles. The van der Waals surface area contributed by atoms with Crippen molar-refractivity contribution in [3.63, 3.8) is 0 Å². The summed E-state index contributed by atoms with van der Waals surface area (Å²) in [5.74, 6) is 2.01. The lowest BCUT2D eigenvalue weighted by Crippen LogP contribution is -2.23. The van der Waals surface area contributed by atoms with Crippen LogP contribution in [0, 0.1) is 12.3 Å². The third-order valence-electron chi connectivity index (χ3n) is 2.79. The van der Waals surface area contributed by atoms with Gasteiger partial charge in [-0.3, -0.25) is 0 Å². The van der Waals surface area contributed by atoms with Crippen LogP contribution < -0.4 is 0 Å². The molecule has 0 aliphatic rings. The molecule has 0 aliphatic carbocycles. The summed E-state index contributed by atoms with van der Waals surface area (Å²) in [5, 5.41) is 1.07. The maximum Gasteiger partial charge on any atom is 0.170 e. The van der Waals surface area contributed by atoms with Gasteiger partial charge < -0.3 is 0 Å². The van der Waals surface area contributed by atoms with Crippen molar-refractivity contribution in [1.29, 1.82) is 0 Å². The number of hydrogen-bond donors (Lipinski definition) is 0. The highest BCUT2D eigenvalue weighted by atomic mass is 79.9. The monoisotopic (exact) mass is 308 g/mol. The maximum atomic E-state index is 4.37. The topological polar surface area (TPSA) is 25.8 Å². The Morgan fingerprint density at radius 3 is 2.47 bits per heavy atom. The molecule has 0 spiro atoms. The lowest BCUT2D eigenvalue weighted by Gasteiger charge is -2.28. The number of rotatable bonds is 6. The Hall–Kier alpha value is 0.390. The van der Waals surface area contributed by atoms with Crippen molar-refractivity contribution in [1.82, 2.24) is 9.36 Å². The van der Waals surface area contributed by atoms with Gasteiger partial charge in [-0.2, -0.15) is 4.37 Å². The Kier molecular flexibility index (Phi) is 5.57. The Bertz CT molecular complexity index is 289. The molecular formula is C10H17BrN2S2. The second-order valence-corrected chi connectivity index (χ2v) is 6.27. The molecule has 0 unspecified atom stereocenters. The normalized spacial score (nSPS) is 12.0. The molecule has 1 aromatic heterocycles. The molecule has 15 heavy (non-hydrogen) atoms. The number of hydrogen-bond acceptors (Lipinski definition) is 4. The summed E-state index contributed by atoms with van der Waals surface area (Å²) in [5.41, 5.74) is 0.407. The minimum Gasteiger partial charge on any atom is -0.213 e. The Morgan fingerprint density at radius 2 is 2.07 bits per heavy atom. The van der Waals surface area contributed by atoms with Crippen molar-refractivity contribution in [3.8, 4) is 0 Å². The first-order chi connectivity index (χ1) is 7.15. The number of alkyl halides is 1. The molecule has 0 atom stereocenters. The molecule has 0 N–H and O–H groups in total. The zero-order valence-corrected chi connectivity index (χ0v) is 12.6. The van der Waals surface area contributed by atoms with Crippen molar-refractivity contribution in [2.45, 2.75) is 38.0 Å². The minimum atomic E-state index is 0.407. The maximum absolute atomic E-state index is 4.37. The lowest BCUT2D eigenvalue weighted by molar-refractivity contribution is 0.359. The highest BCUT2D eigenvalue weighted by Crippen LogP contribution is 2.35. The number of nitrogens with zero attached hydrogens (tertiary/aromatic N) is 2. The Morgan fingerprint density at radius 1 is 1.40 bits per heavy atom. The number of halogens is 1. The molecule has 1 aromatic rings. The second kappa shape index (κ2) is 6.21. The van der Waals surface area contributed by atoms with E-state index in [2.05, 4.69) is 39.1 Å². The lowest BCUT2D eigenvalue weighted by atomic mass is 9.87. The van der Waals surface area contributed by atoms with Crippen LogP contribution in [-0.2, 0) is 0 Å². The van der Waals surface area contributed by atoms with Gasteiger partial charge in [0.2, 0.25) is 0 Å². The average molecular weight is 309 g/mol. The summed E-state index contributed by atoms with van der Waals surface area (Å²) < 4.78 is 5.29. The summed E-state index contributed by atoms with van der Waals surface area (Å²) in [7, 11) is 0. The van der Waals surface area contributed by atoms with Crippen LogP contribution in [0.3, 0.4) is 0 Å². The summed E-state index contributed by atoms with van der Waals surface area (Å²) in [6.07, 6.45) is 2.42. The van der Waals surface area contributed by atoms with Crippen LogP contribution in [0.1, 0.15) is 32.5 Å². The largest absolute Gasteiger partial charge is 0.213 e. The van der Waals surface area contributed by atoms with Crippen LogP contribution in [0.2, 0.25) is 0 Å². The molecule has 0 saturated carbocycles. The van der Waals surface area contributed by atoms with E-state index < -0.39 is 0 Å². The molecule has 1 rings (SSSR count). The summed E-state index contributed by atoms with van der Waals surface area (Å²) in [4.78, 5) is 4.37. The van der Waals surface area contributed by atoms with Crippen LogP contribution >= 0.6 is 39.2 Å². The fraction of sp³-hybridized carbons (Fsp3) is 0.800. The standard InChI is InChI=1S/C10H17BrN2S2/c1-4-10(5-2,6-11)7-14-9-12-8(3)13-15-9/h4-7H2,1-3H3. The average Bonchev–Trinajstić information content (AvgIpc) is 2.67. The van der Waals surface area contributed by atoms with Crippen LogP contribution in [0.15, 0.2) is 4.34 Å². The van der Waals surface area contributed by atoms with Gasteiger partial charge in [0.05, 0.1) is 0 Å². The highest BCUT2D eigenvalue weighted by molar-refractivity contribution is 9.09. The summed E-state index contributed by atoms with van der Waals surface area (Å²) in [6.45, 7) is 6.46. The van der Waals surface area contributed by atoms with E-state index in [1.165, 1.54) is 24.4 Å². The summed E-state index contributed by atoms with van der Waals surface area (Å²) in [6, 6.07) is 0. The van der Waals surface area contributed by atoms with Gasteiger partial charge in [0.15, 0.2) is 4.34 Å². The van der Waals surface area contributed by atoms with E-state index in [4.69, 9.17) is 0 Å². The molecule has 0 aliphatic heterocycles. The first kappa shape index (κ1) is 13.5. The molecular weight excluding hydrogens is 292 g/mol. The summed E-state index contributed by atoms with van der Waals surface area (Å²) >= 11 is 6.97. The third kappa shape index (κ3) is 3.71. The molecule has 5 heteroatoms. The van der Waals surface area contributed by atoms with Gasteiger partial charge in [0, 0.05) is 11.1 Å². The van der Waals surface area contributed by atoms with E-state index in [1.54, 1.807) is 0 Å². The van der Waals surface area contributed by atoms with E-state index in [-0.39, 0.29) is 0 Å². The van der Waals surface area contributed by atoms with Gasteiger partial charge >= 0.3 is 0 Å². The van der Waals surface area contributed by atoms with Crippen LogP contribution in [0.4, 0.5) is 0 Å². The van der Waals surface area contributed by atoms with E-state index in [9.17, 15) is 0 Å². The van der Waals surface area contributed by atoms with Crippen LogP contribution in [0.5, 0.6) is 0 Å². The molecule has 1 heterocycles. The zero-order chi connectivity index (χ0) is 11.3. The fourth-order valence-electron chi connectivity index (χ4n) is 1.23. The van der Waals surface area contributed by atoms with E-state index in [0.717, 1.165) is 21.2 Å². The Balaban J connectivity index is 2.54. The molecule has 0 amide bonds. The SMILES string of the molecule is CCC(CC)(CBr)CSc1nc(C)ns1. The van der Waals surface area contributed by atoms with Gasteiger partial charge in [0.25, 0.3) is 0 Å². The number of thioether (sulfide) groups is 1. The first-order valence-corrected chi connectivity index (χ1v) is 8.03. The van der Waals surface area contributed by atoms with E-state index >= 15 is 0 Å². The predicted molar refractivity (Wildman–Crippen MR) is 72.2 cm³/mol. The van der Waals surface area contributed by atoms with Gasteiger partial charge in [-0.1, -0.05) is 41.5 Å². The molecule has 0 fully saturated rings. The predicted octanol–water partition coefficient (Wildman–Crippen LogP) is 4.14. The highest BCUT2D eigenvalue weighted by Gasteiger charge is 2.25.